The Kier molecular flexibility index (Phi) is 2.93. The van der Waals surface area contributed by atoms with Gasteiger partial charge in [-0.3, -0.25) is 4.79 Å². The van der Waals surface area contributed by atoms with E-state index < -0.39 is 0 Å². The molecule has 0 spiro atoms. The molecule has 1 N–H and O–H groups in total. The van der Waals surface area contributed by atoms with Gasteiger partial charge in [0, 0.05) is 13.2 Å². The fourth-order valence-electron chi connectivity index (χ4n) is 0.916. The van der Waals surface area contributed by atoms with E-state index in [9.17, 15) is 4.79 Å². The highest BCUT2D eigenvalue weighted by Crippen LogP contribution is 2.00. The lowest BCUT2D eigenvalue weighted by Crippen LogP contribution is -2.04. The molecule has 5 nitrogen and oxygen atoms in total. The molecule has 0 aliphatic rings. The van der Waals surface area contributed by atoms with Crippen LogP contribution in [-0.2, 0) is 6.54 Å². The van der Waals surface area contributed by atoms with Crippen molar-refractivity contribution < 1.29 is 9.90 Å². The van der Waals surface area contributed by atoms with E-state index in [1.807, 2.05) is 0 Å². The smallest absolute Gasteiger partial charge is 0.172 e. The summed E-state index contributed by atoms with van der Waals surface area (Å²) in [5.41, 5.74) is 1.12. The van der Waals surface area contributed by atoms with Crippen LogP contribution in [-0.4, -0.2) is 33.0 Å². The third-order valence-corrected chi connectivity index (χ3v) is 1.66. The Morgan fingerprint density at radius 1 is 1.67 bits per heavy atom. The zero-order valence-corrected chi connectivity index (χ0v) is 6.90. The molecule has 0 radical (unpaired) electrons. The number of carbonyl (C=O) groups is 1. The van der Waals surface area contributed by atoms with Crippen LogP contribution < -0.4 is 0 Å². The summed E-state index contributed by atoms with van der Waals surface area (Å²) in [4.78, 5) is 10.3. The van der Waals surface area contributed by atoms with Crippen LogP contribution in [0.5, 0.6) is 0 Å². The first-order valence-corrected chi connectivity index (χ1v) is 3.75. The van der Waals surface area contributed by atoms with Crippen LogP contribution in [0.4, 0.5) is 0 Å². The maximum Gasteiger partial charge on any atom is 0.172 e. The lowest BCUT2D eigenvalue weighted by molar-refractivity contribution is 0.111. The molecule has 0 bridgehead atoms. The van der Waals surface area contributed by atoms with Gasteiger partial charge < -0.3 is 5.11 Å². The van der Waals surface area contributed by atoms with E-state index >= 15 is 0 Å². The van der Waals surface area contributed by atoms with Crippen LogP contribution in [0.15, 0.2) is 0 Å². The van der Waals surface area contributed by atoms with Gasteiger partial charge in [0.05, 0.1) is 5.69 Å². The first kappa shape index (κ1) is 8.86. The molecule has 0 atom stereocenters. The average molecular weight is 169 g/mol. The Hall–Kier alpha value is -1.23. The summed E-state index contributed by atoms with van der Waals surface area (Å²) in [5, 5.41) is 16.0. The van der Waals surface area contributed by atoms with Crippen LogP contribution in [0.25, 0.3) is 0 Å². The highest BCUT2D eigenvalue weighted by atomic mass is 16.3. The molecule has 0 fully saturated rings. The number of aromatic nitrogens is 3. The third kappa shape index (κ3) is 1.68. The number of aliphatic hydroxyl groups is 1. The quantitative estimate of drug-likeness (QED) is 0.633. The normalized spacial score (nSPS) is 10.2. The summed E-state index contributed by atoms with van der Waals surface area (Å²) >= 11 is 0. The number of hydrogen-bond acceptors (Lipinski definition) is 4. The average Bonchev–Trinajstić information content (AvgIpc) is 2.43. The zero-order chi connectivity index (χ0) is 8.97. The number of nitrogens with zero attached hydrogens (tertiary/aromatic N) is 3. The Morgan fingerprint density at radius 3 is 2.92 bits per heavy atom. The highest BCUT2D eigenvalue weighted by molar-refractivity contribution is 5.72. The molecular formula is C7H11N3O2. The van der Waals surface area contributed by atoms with Gasteiger partial charge in [-0.25, -0.2) is 4.68 Å². The lowest BCUT2D eigenvalue weighted by Gasteiger charge is -1.99. The molecule has 1 aromatic heterocycles. The molecule has 66 valence electrons. The van der Waals surface area contributed by atoms with Crippen molar-refractivity contribution in [1.29, 1.82) is 0 Å². The van der Waals surface area contributed by atoms with Crippen molar-refractivity contribution in [2.45, 2.75) is 19.9 Å². The van der Waals surface area contributed by atoms with Crippen LogP contribution in [0.2, 0.25) is 0 Å². The second kappa shape index (κ2) is 3.96. The number of hydrogen-bond donors (Lipinski definition) is 1. The largest absolute Gasteiger partial charge is 0.396 e. The molecule has 1 aromatic rings. The number of carbonyl (C=O) groups excluding carboxylic acids is 1. The summed E-state index contributed by atoms with van der Waals surface area (Å²) < 4.78 is 1.61. The van der Waals surface area contributed by atoms with Crippen LogP contribution in [0, 0.1) is 6.92 Å². The maximum atomic E-state index is 10.3. The van der Waals surface area contributed by atoms with E-state index in [1.54, 1.807) is 11.6 Å². The predicted molar refractivity (Wildman–Crippen MR) is 41.8 cm³/mol. The fraction of sp³-hybridized carbons (Fsp3) is 0.571. The molecule has 12 heavy (non-hydrogen) atoms. The monoisotopic (exact) mass is 169 g/mol. The standard InChI is InChI=1S/C7H11N3O2/c1-6-7(5-12)8-9-10(6)3-2-4-11/h5,11H,2-4H2,1H3. The molecular weight excluding hydrogens is 158 g/mol. The summed E-state index contributed by atoms with van der Waals surface area (Å²) in [5.74, 6) is 0. The van der Waals surface area contributed by atoms with Gasteiger partial charge in [0.15, 0.2) is 6.29 Å². The van der Waals surface area contributed by atoms with Crippen molar-refractivity contribution in [3.63, 3.8) is 0 Å². The fourth-order valence-corrected chi connectivity index (χ4v) is 0.916. The topological polar surface area (TPSA) is 68.0 Å². The lowest BCUT2D eigenvalue weighted by atomic mass is 10.3. The highest BCUT2D eigenvalue weighted by Gasteiger charge is 2.05. The van der Waals surface area contributed by atoms with E-state index in [0.29, 0.717) is 24.9 Å². The van der Waals surface area contributed by atoms with E-state index in [4.69, 9.17) is 5.11 Å². The first-order valence-electron chi connectivity index (χ1n) is 3.75. The maximum absolute atomic E-state index is 10.3. The minimum Gasteiger partial charge on any atom is -0.396 e. The Bertz CT molecular complexity index is 270. The molecule has 0 saturated heterocycles. The second-order valence-electron chi connectivity index (χ2n) is 2.48. The van der Waals surface area contributed by atoms with Crippen molar-refractivity contribution in [3.05, 3.63) is 11.4 Å². The molecule has 0 saturated carbocycles. The van der Waals surface area contributed by atoms with Gasteiger partial charge in [0.2, 0.25) is 0 Å². The minimum atomic E-state index is 0.121. The Morgan fingerprint density at radius 2 is 2.42 bits per heavy atom. The van der Waals surface area contributed by atoms with Crippen LogP contribution in [0.1, 0.15) is 22.6 Å². The minimum absolute atomic E-state index is 0.121. The van der Waals surface area contributed by atoms with Crippen LogP contribution >= 0.6 is 0 Å². The van der Waals surface area contributed by atoms with Gasteiger partial charge in [-0.1, -0.05) is 5.21 Å². The van der Waals surface area contributed by atoms with Crippen LogP contribution in [0.3, 0.4) is 0 Å². The summed E-state index contributed by atoms with van der Waals surface area (Å²) in [6, 6.07) is 0. The van der Waals surface area contributed by atoms with E-state index in [-0.39, 0.29) is 6.61 Å². The molecule has 0 aliphatic carbocycles. The Labute approximate surface area is 70.0 Å². The molecule has 0 amide bonds. The summed E-state index contributed by atoms with van der Waals surface area (Å²) in [6.07, 6.45) is 1.31. The molecule has 5 heteroatoms. The van der Waals surface area contributed by atoms with Crippen molar-refractivity contribution in [1.82, 2.24) is 15.0 Å². The van der Waals surface area contributed by atoms with Crippen molar-refractivity contribution in [3.8, 4) is 0 Å². The van der Waals surface area contributed by atoms with E-state index in [1.165, 1.54) is 0 Å². The van der Waals surface area contributed by atoms with Crippen molar-refractivity contribution >= 4 is 6.29 Å². The number of aryl methyl sites for hydroxylation is 1. The Balaban J connectivity index is 2.72. The van der Waals surface area contributed by atoms with Gasteiger partial charge >= 0.3 is 0 Å². The summed E-state index contributed by atoms with van der Waals surface area (Å²) in [7, 11) is 0. The predicted octanol–water partition coefficient (Wildman–Crippen LogP) is -0.219. The first-order chi connectivity index (χ1) is 5.79. The van der Waals surface area contributed by atoms with Gasteiger partial charge in [0.25, 0.3) is 0 Å². The number of rotatable bonds is 4. The van der Waals surface area contributed by atoms with E-state index in [2.05, 4.69) is 10.3 Å². The molecule has 1 heterocycles. The number of aldehydes is 1. The van der Waals surface area contributed by atoms with Crippen molar-refractivity contribution in [2.75, 3.05) is 6.61 Å². The molecule has 0 unspecified atom stereocenters. The van der Waals surface area contributed by atoms with Crippen molar-refractivity contribution in [2.24, 2.45) is 0 Å². The summed E-state index contributed by atoms with van der Waals surface area (Å²) in [6.45, 7) is 2.50. The zero-order valence-electron chi connectivity index (χ0n) is 6.90. The number of aliphatic hydroxyl groups excluding tert-OH is 1. The molecule has 0 aliphatic heterocycles. The third-order valence-electron chi connectivity index (χ3n) is 1.66. The molecule has 0 aromatic carbocycles. The van der Waals surface area contributed by atoms with Gasteiger partial charge in [-0.2, -0.15) is 0 Å². The van der Waals surface area contributed by atoms with E-state index in [0.717, 1.165) is 5.69 Å². The van der Waals surface area contributed by atoms with Gasteiger partial charge in [0.1, 0.15) is 5.69 Å². The van der Waals surface area contributed by atoms with Gasteiger partial charge in [-0.05, 0) is 13.3 Å². The SMILES string of the molecule is Cc1c(C=O)nnn1CCCO. The second-order valence-corrected chi connectivity index (χ2v) is 2.48. The molecule has 1 rings (SSSR count). The van der Waals surface area contributed by atoms with Gasteiger partial charge in [-0.15, -0.1) is 5.10 Å².